The maximum Gasteiger partial charge on any atom is 0.201 e. The fraction of sp³-hybridized carbons (Fsp3) is 0.370. The quantitative estimate of drug-likeness (QED) is 0.245. The molecule has 4 aromatic rings. The minimum Gasteiger partial charge on any atom is -0.494 e. The number of pyridine rings is 1. The highest BCUT2D eigenvalue weighted by Crippen LogP contribution is 2.37. The number of rotatable bonds is 12. The van der Waals surface area contributed by atoms with Crippen molar-refractivity contribution in [2.24, 2.45) is 0 Å². The van der Waals surface area contributed by atoms with Gasteiger partial charge in [0, 0.05) is 36.8 Å². The molecule has 0 saturated heterocycles. The van der Waals surface area contributed by atoms with E-state index in [9.17, 15) is 8.42 Å². The van der Waals surface area contributed by atoms with Gasteiger partial charge in [-0.25, -0.2) is 23.1 Å². The van der Waals surface area contributed by atoms with E-state index in [0.717, 1.165) is 11.1 Å². The molecule has 1 N–H and O–H groups in total. The van der Waals surface area contributed by atoms with E-state index in [1.165, 1.54) is 0 Å². The summed E-state index contributed by atoms with van der Waals surface area (Å²) >= 11 is 0. The van der Waals surface area contributed by atoms with Gasteiger partial charge in [0.2, 0.25) is 10.9 Å². The lowest BCUT2D eigenvalue weighted by molar-refractivity contribution is -0.0168. The second-order valence-corrected chi connectivity index (χ2v) is 10.2. The van der Waals surface area contributed by atoms with Gasteiger partial charge >= 0.3 is 0 Å². The Bertz CT molecular complexity index is 1490. The van der Waals surface area contributed by atoms with Crippen LogP contribution in [0.5, 0.6) is 11.5 Å². The number of nitrogens with one attached hydrogen (secondary N) is 1. The molecule has 2 atom stereocenters. The molecule has 0 spiro atoms. The van der Waals surface area contributed by atoms with Crippen LogP contribution in [-0.2, 0) is 22.0 Å². The molecule has 0 aliphatic rings. The largest absolute Gasteiger partial charge is 0.494 e. The fourth-order valence-electron chi connectivity index (χ4n) is 4.33. The zero-order chi connectivity index (χ0) is 28.8. The number of aryl methyl sites for hydroxylation is 2. The molecule has 212 valence electrons. The minimum absolute atomic E-state index is 0.0748. The van der Waals surface area contributed by atoms with Crippen molar-refractivity contribution < 1.29 is 22.6 Å². The third-order valence-electron chi connectivity index (χ3n) is 6.00. The highest BCUT2D eigenvalue weighted by Gasteiger charge is 2.32. The topological polar surface area (TPSA) is 143 Å². The van der Waals surface area contributed by atoms with E-state index in [0.29, 0.717) is 40.2 Å². The van der Waals surface area contributed by atoms with E-state index in [4.69, 9.17) is 14.2 Å². The van der Waals surface area contributed by atoms with Crippen LogP contribution < -0.4 is 14.2 Å². The first kappa shape index (κ1) is 29.1. The molecule has 0 fully saturated rings. The van der Waals surface area contributed by atoms with Gasteiger partial charge in [0.1, 0.15) is 29.1 Å². The van der Waals surface area contributed by atoms with Gasteiger partial charge < -0.3 is 14.2 Å². The maximum absolute atomic E-state index is 12.0. The standard InChI is InChI=1S/C27H33N7O5S/c1-16(2)39-25(26-29-13-18(4)14-30-26)20(33-40(35)36)11-23-31-32-27(19-10-17(3)12-28-15-19)34(23)24-21(37-5)8-7-9-22(24)38-6/h7-10,12-16,20,25,40H,11H2,1-6H3,(H,33,35,36)/t20-,25-/m0/s1. The third kappa shape index (κ3) is 6.61. The van der Waals surface area contributed by atoms with Crippen molar-refractivity contribution in [3.63, 3.8) is 0 Å². The van der Waals surface area contributed by atoms with Crippen molar-refractivity contribution in [2.75, 3.05) is 14.2 Å². The van der Waals surface area contributed by atoms with E-state index in [1.807, 2.05) is 39.8 Å². The SMILES string of the molecule is COc1cccc(OC)c1-n1c(C[C@H](N[SH](=O)=O)[C@H](OC(C)C)c2ncc(C)cn2)nnc1-c1cncc(C)c1. The number of nitrogens with zero attached hydrogens (tertiary/aromatic N) is 6. The van der Waals surface area contributed by atoms with Gasteiger partial charge in [0.15, 0.2) is 11.6 Å². The summed E-state index contributed by atoms with van der Waals surface area (Å²) in [4.78, 5) is 13.2. The molecule has 40 heavy (non-hydrogen) atoms. The first-order valence-corrected chi connectivity index (χ1v) is 13.8. The second kappa shape index (κ2) is 12.9. The first-order valence-electron chi connectivity index (χ1n) is 12.6. The molecule has 0 unspecified atom stereocenters. The number of thiol groups is 1. The zero-order valence-corrected chi connectivity index (χ0v) is 24.1. The Kier molecular flexibility index (Phi) is 9.40. The Balaban J connectivity index is 1.92. The van der Waals surface area contributed by atoms with Crippen LogP contribution in [0.3, 0.4) is 0 Å². The molecule has 0 aliphatic heterocycles. The van der Waals surface area contributed by atoms with Crippen LogP contribution in [0.25, 0.3) is 17.1 Å². The third-order valence-corrected chi connectivity index (χ3v) is 6.54. The number of methoxy groups -OCH3 is 2. The van der Waals surface area contributed by atoms with E-state index in [1.54, 1.807) is 55.7 Å². The molecular formula is C27H33N7O5S. The average molecular weight is 568 g/mol. The first-order chi connectivity index (χ1) is 19.2. The van der Waals surface area contributed by atoms with Crippen molar-refractivity contribution in [3.8, 4) is 28.6 Å². The van der Waals surface area contributed by atoms with Crippen LogP contribution in [0.4, 0.5) is 0 Å². The maximum atomic E-state index is 12.0. The summed E-state index contributed by atoms with van der Waals surface area (Å²) in [5.74, 6) is 2.28. The smallest absolute Gasteiger partial charge is 0.201 e. The minimum atomic E-state index is -3.02. The highest BCUT2D eigenvalue weighted by molar-refractivity contribution is 7.70. The summed E-state index contributed by atoms with van der Waals surface area (Å²) in [6.45, 7) is 7.53. The van der Waals surface area contributed by atoms with Crippen molar-refractivity contribution in [1.82, 2.24) is 34.4 Å². The number of benzene rings is 1. The van der Waals surface area contributed by atoms with Gasteiger partial charge in [-0.15, -0.1) is 10.2 Å². The molecule has 0 bridgehead atoms. The summed E-state index contributed by atoms with van der Waals surface area (Å²) in [5.41, 5.74) is 3.07. The number of hydrogen-bond acceptors (Lipinski definition) is 10. The van der Waals surface area contributed by atoms with Crippen LogP contribution in [-0.4, -0.2) is 64.5 Å². The highest BCUT2D eigenvalue weighted by atomic mass is 32.2. The molecule has 0 saturated carbocycles. The Morgan fingerprint density at radius 3 is 2.20 bits per heavy atom. The van der Waals surface area contributed by atoms with Crippen molar-refractivity contribution in [3.05, 3.63) is 71.8 Å². The van der Waals surface area contributed by atoms with Gasteiger partial charge in [0.05, 0.1) is 26.4 Å². The molecule has 13 heteroatoms. The average Bonchev–Trinajstić information content (AvgIpc) is 3.34. The lowest BCUT2D eigenvalue weighted by atomic mass is 10.1. The van der Waals surface area contributed by atoms with Crippen LogP contribution >= 0.6 is 0 Å². The number of ether oxygens (including phenoxy) is 3. The van der Waals surface area contributed by atoms with Gasteiger partial charge in [-0.1, -0.05) is 6.07 Å². The van der Waals surface area contributed by atoms with Gasteiger partial charge in [0.25, 0.3) is 0 Å². The fourth-order valence-corrected chi connectivity index (χ4v) is 4.83. The van der Waals surface area contributed by atoms with Crippen LogP contribution in [0.2, 0.25) is 0 Å². The van der Waals surface area contributed by atoms with Gasteiger partial charge in [-0.05, 0) is 57.0 Å². The number of hydrogen-bond donors (Lipinski definition) is 2. The zero-order valence-electron chi connectivity index (χ0n) is 23.2. The summed E-state index contributed by atoms with van der Waals surface area (Å²) < 4.78 is 46.1. The molecule has 0 aliphatic carbocycles. The molecule has 0 radical (unpaired) electrons. The predicted octanol–water partition coefficient (Wildman–Crippen LogP) is 2.95. The van der Waals surface area contributed by atoms with Crippen LogP contribution in [0.1, 0.15) is 42.7 Å². The van der Waals surface area contributed by atoms with E-state index in [-0.39, 0.29) is 12.5 Å². The molecule has 0 amide bonds. The lowest BCUT2D eigenvalue weighted by Gasteiger charge is -2.27. The Labute approximate surface area is 234 Å². The molecule has 1 aromatic carbocycles. The van der Waals surface area contributed by atoms with Gasteiger partial charge in [-0.3, -0.25) is 9.55 Å². The molecular weight excluding hydrogens is 534 g/mol. The molecule has 12 nitrogen and oxygen atoms in total. The van der Waals surface area contributed by atoms with E-state index < -0.39 is 23.0 Å². The normalized spacial score (nSPS) is 13.0. The van der Waals surface area contributed by atoms with Crippen LogP contribution in [0.15, 0.2) is 49.1 Å². The summed E-state index contributed by atoms with van der Waals surface area (Å²) in [6, 6.07) is 6.53. The van der Waals surface area contributed by atoms with E-state index in [2.05, 4.69) is 29.9 Å². The van der Waals surface area contributed by atoms with Crippen molar-refractivity contribution in [2.45, 2.75) is 52.4 Å². The Morgan fingerprint density at radius 2 is 1.62 bits per heavy atom. The molecule has 3 heterocycles. The van der Waals surface area contributed by atoms with Crippen molar-refractivity contribution in [1.29, 1.82) is 0 Å². The predicted molar refractivity (Wildman–Crippen MR) is 149 cm³/mol. The monoisotopic (exact) mass is 567 g/mol. The Morgan fingerprint density at radius 1 is 0.950 bits per heavy atom. The number of para-hydroxylation sites is 1. The van der Waals surface area contributed by atoms with E-state index >= 15 is 0 Å². The second-order valence-electron chi connectivity index (χ2n) is 9.46. The number of aromatic nitrogens is 6. The van der Waals surface area contributed by atoms with Crippen LogP contribution in [0, 0.1) is 13.8 Å². The summed E-state index contributed by atoms with van der Waals surface area (Å²) in [6.07, 6.45) is 5.78. The van der Waals surface area contributed by atoms with Crippen molar-refractivity contribution >= 4 is 10.9 Å². The van der Waals surface area contributed by atoms with Gasteiger partial charge in [-0.2, -0.15) is 0 Å². The summed E-state index contributed by atoms with van der Waals surface area (Å²) in [5, 5.41) is 9.01. The summed E-state index contributed by atoms with van der Waals surface area (Å²) in [7, 11) is 0.102. The molecule has 4 rings (SSSR count). The lowest BCUT2D eigenvalue weighted by Crippen LogP contribution is -2.39. The Hall–Kier alpha value is -3.94. The molecule has 3 aromatic heterocycles.